The Morgan fingerprint density at radius 3 is 2.78 bits per heavy atom. The highest BCUT2D eigenvalue weighted by Gasteiger charge is 2.30. The molecule has 1 atom stereocenters. The lowest BCUT2D eigenvalue weighted by molar-refractivity contribution is -0.123. The van der Waals surface area contributed by atoms with E-state index in [0.717, 1.165) is 12.8 Å². The number of amides is 2. The van der Waals surface area contributed by atoms with Crippen molar-refractivity contribution in [3.8, 4) is 11.5 Å². The number of ether oxygens (including phenoxy) is 2. The molecule has 1 unspecified atom stereocenters. The number of hydrogen-bond donors (Lipinski definition) is 2. The second-order valence-electron chi connectivity index (χ2n) is 5.79. The molecule has 124 valence electrons. The molecule has 1 aromatic carbocycles. The van der Waals surface area contributed by atoms with Gasteiger partial charge in [-0.3, -0.25) is 14.5 Å². The van der Waals surface area contributed by atoms with Crippen LogP contribution in [0.1, 0.15) is 19.3 Å². The Morgan fingerprint density at radius 1 is 1.22 bits per heavy atom. The highest BCUT2D eigenvalue weighted by molar-refractivity contribution is 5.93. The van der Waals surface area contributed by atoms with Crippen LogP contribution in [0.3, 0.4) is 0 Å². The van der Waals surface area contributed by atoms with Gasteiger partial charge in [0.25, 0.3) is 0 Å². The maximum Gasteiger partial charge on any atom is 0.238 e. The molecule has 23 heavy (non-hydrogen) atoms. The average molecular weight is 319 g/mol. The van der Waals surface area contributed by atoms with E-state index in [2.05, 4.69) is 5.32 Å². The standard InChI is InChI=1S/C16H21N3O4/c17-16(21)12-3-1-6-19(12)10-15(20)18-11-4-5-13-14(9-11)23-8-2-7-22-13/h4-5,9,12H,1-3,6-8,10H2,(H2,17,21)(H,18,20). The summed E-state index contributed by atoms with van der Waals surface area (Å²) in [7, 11) is 0. The van der Waals surface area contributed by atoms with E-state index in [1.807, 2.05) is 4.90 Å². The van der Waals surface area contributed by atoms with Gasteiger partial charge in [-0.05, 0) is 31.5 Å². The molecular weight excluding hydrogens is 298 g/mol. The van der Waals surface area contributed by atoms with Gasteiger partial charge in [-0.1, -0.05) is 0 Å². The van der Waals surface area contributed by atoms with Gasteiger partial charge in [-0.2, -0.15) is 0 Å². The Kier molecular flexibility index (Phi) is 4.66. The molecular formula is C16H21N3O4. The number of nitrogens with two attached hydrogens (primary N) is 1. The molecule has 7 heteroatoms. The fourth-order valence-corrected chi connectivity index (χ4v) is 2.96. The molecule has 3 N–H and O–H groups in total. The predicted octanol–water partition coefficient (Wildman–Crippen LogP) is 0.736. The van der Waals surface area contributed by atoms with Crippen LogP contribution in [-0.4, -0.2) is 49.1 Å². The SMILES string of the molecule is NC(=O)C1CCCN1CC(=O)Nc1ccc2c(c1)OCCCO2. The molecule has 0 aliphatic carbocycles. The van der Waals surface area contributed by atoms with Gasteiger partial charge in [-0.25, -0.2) is 0 Å². The number of rotatable bonds is 4. The smallest absolute Gasteiger partial charge is 0.238 e. The topological polar surface area (TPSA) is 93.9 Å². The normalized spacial score (nSPS) is 20.8. The predicted molar refractivity (Wildman–Crippen MR) is 84.5 cm³/mol. The van der Waals surface area contributed by atoms with E-state index in [-0.39, 0.29) is 24.4 Å². The van der Waals surface area contributed by atoms with Crippen molar-refractivity contribution in [2.24, 2.45) is 5.73 Å². The van der Waals surface area contributed by atoms with Crippen LogP contribution in [0.25, 0.3) is 0 Å². The fourth-order valence-electron chi connectivity index (χ4n) is 2.96. The molecule has 3 rings (SSSR count). The zero-order valence-electron chi connectivity index (χ0n) is 12.9. The number of likely N-dealkylation sites (tertiary alicyclic amines) is 1. The largest absolute Gasteiger partial charge is 0.490 e. The Labute approximate surface area is 134 Å². The summed E-state index contributed by atoms with van der Waals surface area (Å²) in [5.41, 5.74) is 6.01. The number of anilines is 1. The molecule has 0 spiro atoms. The first kappa shape index (κ1) is 15.6. The van der Waals surface area contributed by atoms with Gasteiger partial charge >= 0.3 is 0 Å². The minimum atomic E-state index is -0.370. The second-order valence-corrected chi connectivity index (χ2v) is 5.79. The monoisotopic (exact) mass is 319 g/mol. The maximum absolute atomic E-state index is 12.2. The summed E-state index contributed by atoms with van der Waals surface area (Å²) < 4.78 is 11.2. The summed E-state index contributed by atoms with van der Waals surface area (Å²) >= 11 is 0. The number of carbonyl (C=O) groups excluding carboxylic acids is 2. The van der Waals surface area contributed by atoms with Gasteiger partial charge in [0.15, 0.2) is 11.5 Å². The van der Waals surface area contributed by atoms with E-state index >= 15 is 0 Å². The Hall–Kier alpha value is -2.28. The molecule has 2 aliphatic rings. The molecule has 2 amide bonds. The molecule has 1 saturated heterocycles. The average Bonchev–Trinajstić information content (AvgIpc) is 2.84. The third kappa shape index (κ3) is 3.73. The van der Waals surface area contributed by atoms with Crippen molar-refractivity contribution in [3.05, 3.63) is 18.2 Å². The van der Waals surface area contributed by atoms with E-state index in [9.17, 15) is 9.59 Å². The third-order valence-electron chi connectivity index (χ3n) is 4.07. The Balaban J connectivity index is 1.62. The zero-order chi connectivity index (χ0) is 16.2. The van der Waals surface area contributed by atoms with Gasteiger partial charge in [-0.15, -0.1) is 0 Å². The molecule has 0 aromatic heterocycles. The molecule has 1 aromatic rings. The first-order valence-electron chi connectivity index (χ1n) is 7.86. The van der Waals surface area contributed by atoms with Crippen LogP contribution >= 0.6 is 0 Å². The van der Waals surface area contributed by atoms with Crippen molar-refractivity contribution in [3.63, 3.8) is 0 Å². The first-order valence-corrected chi connectivity index (χ1v) is 7.86. The molecule has 2 aliphatic heterocycles. The van der Waals surface area contributed by atoms with Gasteiger partial charge in [0.1, 0.15) is 0 Å². The van der Waals surface area contributed by atoms with E-state index in [0.29, 0.717) is 43.4 Å². The van der Waals surface area contributed by atoms with Gasteiger partial charge in [0, 0.05) is 18.2 Å². The van der Waals surface area contributed by atoms with E-state index in [1.165, 1.54) is 0 Å². The summed E-state index contributed by atoms with van der Waals surface area (Å²) in [6.07, 6.45) is 2.43. The summed E-state index contributed by atoms with van der Waals surface area (Å²) in [6, 6.07) is 4.98. The van der Waals surface area contributed by atoms with Crippen molar-refractivity contribution >= 4 is 17.5 Å². The number of benzene rings is 1. The summed E-state index contributed by atoms with van der Waals surface area (Å²) in [5, 5.41) is 2.83. The van der Waals surface area contributed by atoms with Crippen molar-refractivity contribution in [2.75, 3.05) is 31.6 Å². The highest BCUT2D eigenvalue weighted by Crippen LogP contribution is 2.32. The number of primary amides is 1. The molecule has 7 nitrogen and oxygen atoms in total. The summed E-state index contributed by atoms with van der Waals surface area (Å²) in [6.45, 7) is 2.09. The van der Waals surface area contributed by atoms with E-state index in [1.54, 1.807) is 18.2 Å². The van der Waals surface area contributed by atoms with Crippen molar-refractivity contribution in [1.82, 2.24) is 4.90 Å². The lowest BCUT2D eigenvalue weighted by Gasteiger charge is -2.21. The van der Waals surface area contributed by atoms with E-state index < -0.39 is 0 Å². The quantitative estimate of drug-likeness (QED) is 0.853. The van der Waals surface area contributed by atoms with Gasteiger partial charge in [0.2, 0.25) is 11.8 Å². The van der Waals surface area contributed by atoms with E-state index in [4.69, 9.17) is 15.2 Å². The Bertz CT molecular complexity index is 605. The van der Waals surface area contributed by atoms with Crippen LogP contribution in [0, 0.1) is 0 Å². The fraction of sp³-hybridized carbons (Fsp3) is 0.500. The van der Waals surface area contributed by atoms with Crippen molar-refractivity contribution < 1.29 is 19.1 Å². The summed E-state index contributed by atoms with van der Waals surface area (Å²) in [4.78, 5) is 25.4. The summed E-state index contributed by atoms with van der Waals surface area (Å²) in [5.74, 6) is 0.781. The molecule has 0 radical (unpaired) electrons. The van der Waals surface area contributed by atoms with Crippen LogP contribution in [0.2, 0.25) is 0 Å². The Morgan fingerprint density at radius 2 is 2.00 bits per heavy atom. The van der Waals surface area contributed by atoms with Gasteiger partial charge < -0.3 is 20.5 Å². The number of hydrogen-bond acceptors (Lipinski definition) is 5. The lowest BCUT2D eigenvalue weighted by atomic mass is 10.2. The number of nitrogens with zero attached hydrogens (tertiary/aromatic N) is 1. The van der Waals surface area contributed by atoms with Crippen LogP contribution in [-0.2, 0) is 9.59 Å². The molecule has 0 saturated carbocycles. The van der Waals surface area contributed by atoms with Crippen LogP contribution in [0.4, 0.5) is 5.69 Å². The van der Waals surface area contributed by atoms with Crippen LogP contribution < -0.4 is 20.5 Å². The zero-order valence-corrected chi connectivity index (χ0v) is 12.9. The minimum Gasteiger partial charge on any atom is -0.490 e. The molecule has 2 heterocycles. The number of fused-ring (bicyclic) bond motifs is 1. The molecule has 0 bridgehead atoms. The minimum absolute atomic E-state index is 0.155. The van der Waals surface area contributed by atoms with Crippen LogP contribution in [0.15, 0.2) is 18.2 Å². The van der Waals surface area contributed by atoms with Crippen LogP contribution in [0.5, 0.6) is 11.5 Å². The van der Waals surface area contributed by atoms with Crippen molar-refractivity contribution in [2.45, 2.75) is 25.3 Å². The lowest BCUT2D eigenvalue weighted by Crippen LogP contribution is -2.43. The third-order valence-corrected chi connectivity index (χ3v) is 4.07. The molecule has 1 fully saturated rings. The van der Waals surface area contributed by atoms with Gasteiger partial charge in [0.05, 0.1) is 25.8 Å². The van der Waals surface area contributed by atoms with Crippen molar-refractivity contribution in [1.29, 1.82) is 0 Å². The maximum atomic E-state index is 12.2. The second kappa shape index (κ2) is 6.87. The highest BCUT2D eigenvalue weighted by atomic mass is 16.5. The first-order chi connectivity index (χ1) is 11.1. The number of carbonyl (C=O) groups is 2. The number of nitrogens with one attached hydrogen (secondary N) is 1.